The maximum absolute atomic E-state index is 9.90. The maximum atomic E-state index is 9.90. The molecule has 0 atom stereocenters. The van der Waals surface area contributed by atoms with E-state index in [9.17, 15) is 4.79 Å². The van der Waals surface area contributed by atoms with Gasteiger partial charge in [-0.15, -0.1) is 0 Å². The molecule has 0 saturated heterocycles. The molecule has 1 N–H and O–H groups in total. The molecule has 0 fully saturated rings. The summed E-state index contributed by atoms with van der Waals surface area (Å²) in [5.74, 6) is 0. The highest BCUT2D eigenvalue weighted by atomic mass is 16.3. The molecule has 0 spiro atoms. The van der Waals surface area contributed by atoms with Crippen molar-refractivity contribution in [3.05, 3.63) is 11.6 Å². The standard InChI is InChI=1S/C6H10O2/c1-2-3-6(4-7)5-8/h3-4,8H,2,5H2,1H3/b6-3-. The van der Waals surface area contributed by atoms with Crippen LogP contribution >= 0.6 is 0 Å². The van der Waals surface area contributed by atoms with Crippen molar-refractivity contribution in [3.8, 4) is 0 Å². The largest absolute Gasteiger partial charge is 0.392 e. The first kappa shape index (κ1) is 7.37. The zero-order valence-corrected chi connectivity index (χ0v) is 4.92. The van der Waals surface area contributed by atoms with Crippen molar-refractivity contribution in [2.75, 3.05) is 6.61 Å². The Labute approximate surface area is 48.8 Å². The summed E-state index contributed by atoms with van der Waals surface area (Å²) in [7, 11) is 0. The molecule has 0 aromatic heterocycles. The Morgan fingerprint density at radius 1 is 1.75 bits per heavy atom. The fourth-order valence-corrected chi connectivity index (χ4v) is 0.412. The van der Waals surface area contributed by atoms with Gasteiger partial charge in [0, 0.05) is 5.57 Å². The first-order chi connectivity index (χ1) is 3.85. The Kier molecular flexibility index (Phi) is 4.17. The van der Waals surface area contributed by atoms with Crippen LogP contribution in [-0.4, -0.2) is 18.0 Å². The molecule has 0 aliphatic heterocycles. The van der Waals surface area contributed by atoms with Crippen LogP contribution in [0.25, 0.3) is 0 Å². The monoisotopic (exact) mass is 114 g/mol. The van der Waals surface area contributed by atoms with Gasteiger partial charge in [-0.2, -0.15) is 0 Å². The van der Waals surface area contributed by atoms with Crippen LogP contribution in [-0.2, 0) is 4.79 Å². The van der Waals surface area contributed by atoms with Gasteiger partial charge in [0.1, 0.15) is 6.29 Å². The van der Waals surface area contributed by atoms with Crippen molar-refractivity contribution in [3.63, 3.8) is 0 Å². The lowest BCUT2D eigenvalue weighted by Crippen LogP contribution is -1.89. The van der Waals surface area contributed by atoms with Crippen molar-refractivity contribution in [1.82, 2.24) is 0 Å². The molecule has 0 aliphatic rings. The highest BCUT2D eigenvalue weighted by molar-refractivity contribution is 5.73. The second-order valence-electron chi connectivity index (χ2n) is 1.46. The number of carbonyl (C=O) groups is 1. The Hall–Kier alpha value is -0.630. The average Bonchev–Trinajstić information content (AvgIpc) is 1.83. The summed E-state index contributed by atoms with van der Waals surface area (Å²) in [4.78, 5) is 9.90. The van der Waals surface area contributed by atoms with Crippen LogP contribution in [0.2, 0.25) is 0 Å². The Morgan fingerprint density at radius 2 is 2.38 bits per heavy atom. The molecule has 0 amide bonds. The average molecular weight is 114 g/mol. The number of hydrogen-bond donors (Lipinski definition) is 1. The van der Waals surface area contributed by atoms with Crippen LogP contribution < -0.4 is 0 Å². The van der Waals surface area contributed by atoms with Crippen molar-refractivity contribution >= 4 is 6.29 Å². The normalized spacial score (nSPS) is 11.5. The van der Waals surface area contributed by atoms with Gasteiger partial charge in [-0.3, -0.25) is 4.79 Å². The molecular weight excluding hydrogens is 104 g/mol. The third-order valence-corrected chi connectivity index (χ3v) is 0.800. The van der Waals surface area contributed by atoms with Gasteiger partial charge in [-0.05, 0) is 6.42 Å². The zero-order valence-electron chi connectivity index (χ0n) is 4.92. The summed E-state index contributed by atoms with van der Waals surface area (Å²) < 4.78 is 0. The van der Waals surface area contributed by atoms with Crippen molar-refractivity contribution in [2.24, 2.45) is 0 Å². The van der Waals surface area contributed by atoms with Gasteiger partial charge in [0.15, 0.2) is 0 Å². The van der Waals surface area contributed by atoms with Crippen LogP contribution in [0.4, 0.5) is 0 Å². The summed E-state index contributed by atoms with van der Waals surface area (Å²) in [6, 6.07) is 0. The Morgan fingerprint density at radius 3 is 2.50 bits per heavy atom. The van der Waals surface area contributed by atoms with E-state index >= 15 is 0 Å². The minimum Gasteiger partial charge on any atom is -0.392 e. The van der Waals surface area contributed by atoms with Crippen molar-refractivity contribution < 1.29 is 9.90 Å². The number of carbonyl (C=O) groups excluding carboxylic acids is 1. The maximum Gasteiger partial charge on any atom is 0.148 e. The van der Waals surface area contributed by atoms with E-state index in [0.717, 1.165) is 6.42 Å². The van der Waals surface area contributed by atoms with Gasteiger partial charge in [-0.25, -0.2) is 0 Å². The lowest BCUT2D eigenvalue weighted by Gasteiger charge is -1.87. The molecule has 2 heteroatoms. The predicted octanol–water partition coefficient (Wildman–Crippen LogP) is 0.514. The molecule has 0 unspecified atom stereocenters. The molecule has 2 nitrogen and oxygen atoms in total. The molecule has 0 heterocycles. The van der Waals surface area contributed by atoms with Crippen molar-refractivity contribution in [1.29, 1.82) is 0 Å². The predicted molar refractivity (Wildman–Crippen MR) is 31.5 cm³/mol. The van der Waals surface area contributed by atoms with Crippen LogP contribution in [0.15, 0.2) is 11.6 Å². The number of allylic oxidation sites excluding steroid dienone is 1. The first-order valence-corrected chi connectivity index (χ1v) is 2.60. The third kappa shape index (κ3) is 2.53. The van der Waals surface area contributed by atoms with Crippen molar-refractivity contribution in [2.45, 2.75) is 13.3 Å². The molecule has 0 rings (SSSR count). The quantitative estimate of drug-likeness (QED) is 0.429. The minimum atomic E-state index is -0.142. The number of hydrogen-bond acceptors (Lipinski definition) is 2. The van der Waals surface area contributed by atoms with E-state index < -0.39 is 0 Å². The Balaban J connectivity index is 3.66. The lowest BCUT2D eigenvalue weighted by molar-refractivity contribution is -0.105. The highest BCUT2D eigenvalue weighted by Crippen LogP contribution is 1.88. The van der Waals surface area contributed by atoms with Gasteiger partial charge in [0.2, 0.25) is 0 Å². The Bertz CT molecular complexity index is 94.7. The molecule has 0 aromatic rings. The van der Waals surface area contributed by atoms with Gasteiger partial charge >= 0.3 is 0 Å². The smallest absolute Gasteiger partial charge is 0.148 e. The topological polar surface area (TPSA) is 37.3 Å². The summed E-state index contributed by atoms with van der Waals surface area (Å²) >= 11 is 0. The second kappa shape index (κ2) is 4.53. The van der Waals surface area contributed by atoms with Gasteiger partial charge in [0.05, 0.1) is 6.61 Å². The van der Waals surface area contributed by atoms with Crippen LogP contribution in [0, 0.1) is 0 Å². The molecule has 0 aliphatic carbocycles. The van der Waals surface area contributed by atoms with Crippen LogP contribution in [0.5, 0.6) is 0 Å². The van der Waals surface area contributed by atoms with Crippen LogP contribution in [0.3, 0.4) is 0 Å². The molecule has 0 aromatic carbocycles. The molecule has 8 heavy (non-hydrogen) atoms. The van der Waals surface area contributed by atoms with Gasteiger partial charge in [0.25, 0.3) is 0 Å². The summed E-state index contributed by atoms with van der Waals surface area (Å²) in [6.07, 6.45) is 3.17. The molecule has 46 valence electrons. The summed E-state index contributed by atoms with van der Waals surface area (Å²) in [5, 5.41) is 8.36. The first-order valence-electron chi connectivity index (χ1n) is 2.60. The number of aldehydes is 1. The summed E-state index contributed by atoms with van der Waals surface area (Å²) in [5.41, 5.74) is 0.465. The summed E-state index contributed by atoms with van der Waals surface area (Å²) in [6.45, 7) is 1.77. The molecule has 0 saturated carbocycles. The van der Waals surface area contributed by atoms with E-state index in [1.54, 1.807) is 6.08 Å². The van der Waals surface area contributed by atoms with Crippen LogP contribution in [0.1, 0.15) is 13.3 Å². The fraction of sp³-hybridized carbons (Fsp3) is 0.500. The van der Waals surface area contributed by atoms with E-state index in [2.05, 4.69) is 0 Å². The van der Waals surface area contributed by atoms with E-state index in [1.165, 1.54) is 0 Å². The molecule has 0 bridgehead atoms. The van der Waals surface area contributed by atoms with Gasteiger partial charge < -0.3 is 5.11 Å². The number of aliphatic hydroxyl groups is 1. The molecular formula is C6H10O2. The van der Waals surface area contributed by atoms with E-state index in [-0.39, 0.29) is 6.61 Å². The van der Waals surface area contributed by atoms with Gasteiger partial charge in [-0.1, -0.05) is 13.0 Å². The van der Waals surface area contributed by atoms with E-state index in [4.69, 9.17) is 5.11 Å². The van der Waals surface area contributed by atoms with E-state index in [1.807, 2.05) is 6.92 Å². The highest BCUT2D eigenvalue weighted by Gasteiger charge is 1.86. The zero-order chi connectivity index (χ0) is 6.41. The fourth-order valence-electron chi connectivity index (χ4n) is 0.412. The second-order valence-corrected chi connectivity index (χ2v) is 1.46. The minimum absolute atomic E-state index is 0.142. The third-order valence-electron chi connectivity index (χ3n) is 0.800. The molecule has 0 radical (unpaired) electrons. The SMILES string of the molecule is CC/C=C(/C=O)CO. The lowest BCUT2D eigenvalue weighted by atomic mass is 10.2. The number of aliphatic hydroxyl groups excluding tert-OH is 1. The number of rotatable bonds is 3. The van der Waals surface area contributed by atoms with E-state index in [0.29, 0.717) is 11.9 Å².